The van der Waals surface area contributed by atoms with E-state index in [1.807, 2.05) is 11.7 Å². The minimum atomic E-state index is 0.773. The molecule has 122 valence electrons. The van der Waals surface area contributed by atoms with Crippen LogP contribution in [0.25, 0.3) is 11.3 Å². The van der Waals surface area contributed by atoms with E-state index in [4.69, 9.17) is 5.10 Å². The number of likely N-dealkylation sites (tertiary alicyclic amines) is 2. The summed E-state index contributed by atoms with van der Waals surface area (Å²) >= 11 is 0. The van der Waals surface area contributed by atoms with Crippen molar-refractivity contribution in [3.05, 3.63) is 42.1 Å². The van der Waals surface area contributed by atoms with E-state index in [1.54, 1.807) is 0 Å². The maximum Gasteiger partial charge on any atom is 0.0968 e. The van der Waals surface area contributed by atoms with Crippen LogP contribution < -0.4 is 0 Å². The van der Waals surface area contributed by atoms with Crippen molar-refractivity contribution in [1.82, 2.24) is 19.6 Å². The molecule has 0 radical (unpaired) electrons. The highest BCUT2D eigenvalue weighted by Gasteiger charge is 2.29. The Kier molecular flexibility index (Phi) is 4.19. The first-order valence-electron chi connectivity index (χ1n) is 8.84. The van der Waals surface area contributed by atoms with Gasteiger partial charge in [0.1, 0.15) is 0 Å². The third kappa shape index (κ3) is 3.19. The molecule has 0 bridgehead atoms. The van der Waals surface area contributed by atoms with Gasteiger partial charge in [0.05, 0.1) is 5.69 Å². The minimum Gasteiger partial charge on any atom is -0.299 e. The third-order valence-electron chi connectivity index (χ3n) is 5.25. The van der Waals surface area contributed by atoms with Gasteiger partial charge in [0.2, 0.25) is 0 Å². The zero-order valence-electron chi connectivity index (χ0n) is 14.0. The van der Waals surface area contributed by atoms with Crippen LogP contribution in [0.3, 0.4) is 0 Å². The Balaban J connectivity index is 1.47. The largest absolute Gasteiger partial charge is 0.299 e. The Bertz CT molecular complexity index is 643. The van der Waals surface area contributed by atoms with Crippen LogP contribution >= 0.6 is 0 Å². The van der Waals surface area contributed by atoms with E-state index in [9.17, 15) is 0 Å². The average Bonchev–Trinajstić information content (AvgIpc) is 3.29. The van der Waals surface area contributed by atoms with Gasteiger partial charge in [-0.2, -0.15) is 5.10 Å². The predicted molar refractivity (Wildman–Crippen MR) is 93.1 cm³/mol. The number of hydrogen-bond donors (Lipinski definition) is 0. The molecule has 3 heterocycles. The van der Waals surface area contributed by atoms with Gasteiger partial charge in [-0.1, -0.05) is 30.3 Å². The van der Waals surface area contributed by atoms with E-state index in [0.717, 1.165) is 18.3 Å². The van der Waals surface area contributed by atoms with Crippen molar-refractivity contribution in [2.45, 2.75) is 31.8 Å². The molecule has 4 nitrogen and oxygen atoms in total. The molecule has 4 heteroatoms. The summed E-state index contributed by atoms with van der Waals surface area (Å²) in [4.78, 5) is 5.30. The molecule has 1 aromatic heterocycles. The number of benzene rings is 1. The molecule has 1 atom stereocenters. The maximum absolute atomic E-state index is 4.70. The van der Waals surface area contributed by atoms with Crippen molar-refractivity contribution in [1.29, 1.82) is 0 Å². The molecule has 0 aliphatic carbocycles. The molecule has 4 rings (SSSR count). The number of nitrogens with zero attached hydrogens (tertiary/aromatic N) is 4. The Morgan fingerprint density at radius 3 is 2.65 bits per heavy atom. The van der Waals surface area contributed by atoms with Gasteiger partial charge in [-0.3, -0.25) is 14.5 Å². The van der Waals surface area contributed by atoms with E-state index in [1.165, 1.54) is 56.6 Å². The molecule has 0 unspecified atom stereocenters. The Morgan fingerprint density at radius 1 is 1.09 bits per heavy atom. The molecule has 2 aliphatic heterocycles. The van der Waals surface area contributed by atoms with Gasteiger partial charge in [0, 0.05) is 50.0 Å². The molecular formula is C19H26N4. The number of aromatic nitrogens is 2. The van der Waals surface area contributed by atoms with E-state index in [2.05, 4.69) is 46.3 Å². The van der Waals surface area contributed by atoms with Crippen LogP contribution in [0.5, 0.6) is 0 Å². The fourth-order valence-corrected chi connectivity index (χ4v) is 4.09. The zero-order valence-corrected chi connectivity index (χ0v) is 14.0. The number of aryl methyl sites for hydroxylation is 1. The summed E-state index contributed by atoms with van der Waals surface area (Å²) in [6.07, 6.45) is 6.28. The van der Waals surface area contributed by atoms with Crippen LogP contribution in [-0.2, 0) is 13.6 Å². The summed E-state index contributed by atoms with van der Waals surface area (Å²) in [6, 6.07) is 11.3. The highest BCUT2D eigenvalue weighted by molar-refractivity contribution is 5.62. The summed E-state index contributed by atoms with van der Waals surface area (Å²) in [5.74, 6) is 0. The lowest BCUT2D eigenvalue weighted by atomic mass is 10.1. The first kappa shape index (κ1) is 14.9. The van der Waals surface area contributed by atoms with Crippen molar-refractivity contribution >= 4 is 0 Å². The Morgan fingerprint density at radius 2 is 1.87 bits per heavy atom. The molecule has 1 aromatic carbocycles. The van der Waals surface area contributed by atoms with Gasteiger partial charge in [-0.05, 0) is 32.4 Å². The molecule has 0 saturated carbocycles. The van der Waals surface area contributed by atoms with Gasteiger partial charge < -0.3 is 0 Å². The summed E-state index contributed by atoms with van der Waals surface area (Å²) in [6.45, 7) is 6.05. The summed E-state index contributed by atoms with van der Waals surface area (Å²) in [5.41, 5.74) is 3.71. The lowest BCUT2D eigenvalue weighted by molar-refractivity contribution is 0.230. The molecule has 2 aliphatic rings. The van der Waals surface area contributed by atoms with Crippen molar-refractivity contribution in [3.63, 3.8) is 0 Å². The fourth-order valence-electron chi connectivity index (χ4n) is 4.09. The second-order valence-corrected chi connectivity index (χ2v) is 6.96. The third-order valence-corrected chi connectivity index (χ3v) is 5.25. The SMILES string of the molecule is Cn1cc(CN2CC[C@@H](N3CCCC3)C2)c(-c2ccccc2)n1. The minimum absolute atomic E-state index is 0.773. The number of hydrogen-bond acceptors (Lipinski definition) is 3. The smallest absolute Gasteiger partial charge is 0.0968 e. The van der Waals surface area contributed by atoms with Gasteiger partial charge in [-0.25, -0.2) is 0 Å². The topological polar surface area (TPSA) is 24.3 Å². The number of rotatable bonds is 4. The lowest BCUT2D eigenvalue weighted by Gasteiger charge is -2.23. The van der Waals surface area contributed by atoms with E-state index >= 15 is 0 Å². The second kappa shape index (κ2) is 6.46. The molecule has 0 spiro atoms. The van der Waals surface area contributed by atoms with Gasteiger partial charge in [0.25, 0.3) is 0 Å². The Hall–Kier alpha value is -1.65. The first-order chi connectivity index (χ1) is 11.3. The molecule has 2 saturated heterocycles. The maximum atomic E-state index is 4.70. The Labute approximate surface area is 138 Å². The predicted octanol–water partition coefficient (Wildman–Crippen LogP) is 2.76. The second-order valence-electron chi connectivity index (χ2n) is 6.96. The fraction of sp³-hybridized carbons (Fsp3) is 0.526. The van der Waals surface area contributed by atoms with Crippen LogP contribution in [0.4, 0.5) is 0 Å². The normalized spacial score (nSPS) is 22.9. The van der Waals surface area contributed by atoms with E-state index < -0.39 is 0 Å². The molecule has 2 aromatic rings. The van der Waals surface area contributed by atoms with Crippen LogP contribution in [-0.4, -0.2) is 51.8 Å². The van der Waals surface area contributed by atoms with Crippen LogP contribution in [0.2, 0.25) is 0 Å². The van der Waals surface area contributed by atoms with Crippen molar-refractivity contribution < 1.29 is 0 Å². The van der Waals surface area contributed by atoms with Crippen molar-refractivity contribution in [2.75, 3.05) is 26.2 Å². The summed E-state index contributed by atoms with van der Waals surface area (Å²) in [7, 11) is 2.02. The lowest BCUT2D eigenvalue weighted by Crippen LogP contribution is -2.35. The quantitative estimate of drug-likeness (QED) is 0.868. The zero-order chi connectivity index (χ0) is 15.6. The summed E-state index contributed by atoms with van der Waals surface area (Å²) < 4.78 is 1.95. The molecule has 2 fully saturated rings. The monoisotopic (exact) mass is 310 g/mol. The highest BCUT2D eigenvalue weighted by atomic mass is 15.3. The van der Waals surface area contributed by atoms with Crippen molar-refractivity contribution in [3.8, 4) is 11.3 Å². The average molecular weight is 310 g/mol. The van der Waals surface area contributed by atoms with Gasteiger partial charge in [-0.15, -0.1) is 0 Å². The van der Waals surface area contributed by atoms with Crippen LogP contribution in [0.15, 0.2) is 36.5 Å². The molecular weight excluding hydrogens is 284 g/mol. The summed E-state index contributed by atoms with van der Waals surface area (Å²) in [5, 5.41) is 4.70. The van der Waals surface area contributed by atoms with Crippen LogP contribution in [0.1, 0.15) is 24.8 Å². The molecule has 0 N–H and O–H groups in total. The van der Waals surface area contributed by atoms with Crippen molar-refractivity contribution in [2.24, 2.45) is 7.05 Å². The molecule has 23 heavy (non-hydrogen) atoms. The van der Waals surface area contributed by atoms with Gasteiger partial charge in [0.15, 0.2) is 0 Å². The highest BCUT2D eigenvalue weighted by Crippen LogP contribution is 2.26. The first-order valence-corrected chi connectivity index (χ1v) is 8.84. The van der Waals surface area contributed by atoms with Gasteiger partial charge >= 0.3 is 0 Å². The molecule has 0 amide bonds. The standard InChI is InChI=1S/C19H26N4/c1-21-13-17(19(20-21)16-7-3-2-4-8-16)14-22-12-9-18(15-22)23-10-5-6-11-23/h2-4,7-8,13,18H,5-6,9-12,14-15H2,1H3/t18-/m1/s1. The van der Waals surface area contributed by atoms with E-state index in [-0.39, 0.29) is 0 Å². The van der Waals surface area contributed by atoms with Crippen LogP contribution in [0, 0.1) is 0 Å². The van der Waals surface area contributed by atoms with E-state index in [0.29, 0.717) is 0 Å².